The molecule has 0 saturated heterocycles. The Morgan fingerprint density at radius 1 is 1.14 bits per heavy atom. The molecule has 1 atom stereocenters. The molecule has 0 aliphatic carbocycles. The van der Waals surface area contributed by atoms with Gasteiger partial charge in [0.15, 0.2) is 11.5 Å². The van der Waals surface area contributed by atoms with Crippen molar-refractivity contribution in [2.45, 2.75) is 17.2 Å². The van der Waals surface area contributed by atoms with Crippen LogP contribution in [-0.4, -0.2) is 42.8 Å². The standard InChI is InChI=1S/C20H18N4O3S2/c25-29(11-7-15-4-1-2-8-21-15)20-23-24-13-16(22-19(24)28-20)14-5-6-17-18(12-14)27-10-3-9-26-17/h1-2,4-6,8,12-13H,3,7,9-11H2. The summed E-state index contributed by atoms with van der Waals surface area (Å²) in [6.45, 7) is 1.31. The summed E-state index contributed by atoms with van der Waals surface area (Å²) in [4.78, 5) is 9.64. The summed E-state index contributed by atoms with van der Waals surface area (Å²) in [5.41, 5.74) is 2.66. The van der Waals surface area contributed by atoms with Crippen LogP contribution in [0.3, 0.4) is 0 Å². The number of pyridine rings is 1. The van der Waals surface area contributed by atoms with Crippen molar-refractivity contribution >= 4 is 27.1 Å². The third kappa shape index (κ3) is 3.88. The van der Waals surface area contributed by atoms with E-state index in [9.17, 15) is 4.21 Å². The lowest BCUT2D eigenvalue weighted by atomic mass is 10.1. The zero-order valence-corrected chi connectivity index (χ0v) is 17.1. The van der Waals surface area contributed by atoms with Crippen molar-refractivity contribution in [3.05, 3.63) is 54.5 Å². The van der Waals surface area contributed by atoms with Crippen molar-refractivity contribution in [2.75, 3.05) is 19.0 Å². The van der Waals surface area contributed by atoms with Gasteiger partial charge in [0.05, 0.1) is 35.9 Å². The quantitative estimate of drug-likeness (QED) is 0.487. The minimum Gasteiger partial charge on any atom is -0.490 e. The highest BCUT2D eigenvalue weighted by Gasteiger charge is 2.16. The van der Waals surface area contributed by atoms with Crippen LogP contribution >= 0.6 is 11.3 Å². The van der Waals surface area contributed by atoms with Crippen molar-refractivity contribution < 1.29 is 13.7 Å². The molecule has 1 aliphatic rings. The third-order valence-corrected chi connectivity index (χ3v) is 7.10. The average Bonchev–Trinajstić information content (AvgIpc) is 3.24. The van der Waals surface area contributed by atoms with E-state index in [2.05, 4.69) is 15.1 Å². The van der Waals surface area contributed by atoms with E-state index in [1.54, 1.807) is 10.7 Å². The first-order valence-corrected chi connectivity index (χ1v) is 11.4. The molecule has 4 aromatic rings. The second-order valence-electron chi connectivity index (χ2n) is 6.55. The van der Waals surface area contributed by atoms with Crippen molar-refractivity contribution in [3.63, 3.8) is 0 Å². The van der Waals surface area contributed by atoms with E-state index in [0.29, 0.717) is 34.7 Å². The molecule has 1 aliphatic heterocycles. The Morgan fingerprint density at radius 3 is 2.86 bits per heavy atom. The molecule has 0 radical (unpaired) electrons. The fourth-order valence-corrected chi connectivity index (χ4v) is 5.28. The Hall–Kier alpha value is -2.78. The second-order valence-corrected chi connectivity index (χ2v) is 9.25. The molecule has 0 N–H and O–H groups in total. The lowest BCUT2D eigenvalue weighted by Crippen LogP contribution is -2.03. The molecule has 1 aromatic carbocycles. The van der Waals surface area contributed by atoms with Gasteiger partial charge in [0.25, 0.3) is 0 Å². The number of ether oxygens (including phenoxy) is 2. The van der Waals surface area contributed by atoms with Crippen LogP contribution in [0, 0.1) is 0 Å². The summed E-state index contributed by atoms with van der Waals surface area (Å²) in [5, 5.41) is 4.47. The smallest absolute Gasteiger partial charge is 0.213 e. The van der Waals surface area contributed by atoms with E-state index in [-0.39, 0.29) is 0 Å². The molecule has 5 rings (SSSR count). The van der Waals surface area contributed by atoms with E-state index in [1.165, 1.54) is 11.3 Å². The van der Waals surface area contributed by atoms with E-state index in [0.717, 1.165) is 34.9 Å². The molecule has 0 amide bonds. The van der Waals surface area contributed by atoms with E-state index in [1.807, 2.05) is 42.6 Å². The van der Waals surface area contributed by atoms with Crippen LogP contribution in [0.5, 0.6) is 11.5 Å². The van der Waals surface area contributed by atoms with Crippen molar-refractivity contribution in [2.24, 2.45) is 0 Å². The lowest BCUT2D eigenvalue weighted by Gasteiger charge is -2.07. The van der Waals surface area contributed by atoms with E-state index < -0.39 is 10.8 Å². The second kappa shape index (κ2) is 7.92. The molecule has 4 heterocycles. The summed E-state index contributed by atoms with van der Waals surface area (Å²) in [6.07, 6.45) is 5.12. The third-order valence-electron chi connectivity index (χ3n) is 4.53. The number of aromatic nitrogens is 4. The summed E-state index contributed by atoms with van der Waals surface area (Å²) in [6, 6.07) is 11.6. The Bertz CT molecular complexity index is 1140. The number of fused-ring (bicyclic) bond motifs is 2. The largest absolute Gasteiger partial charge is 0.490 e. The summed E-state index contributed by atoms with van der Waals surface area (Å²) in [5.74, 6) is 1.99. The fourth-order valence-electron chi connectivity index (χ4n) is 3.07. The summed E-state index contributed by atoms with van der Waals surface area (Å²) in [7, 11) is -1.18. The van der Waals surface area contributed by atoms with Gasteiger partial charge in [-0.1, -0.05) is 17.4 Å². The Labute approximate surface area is 173 Å². The van der Waals surface area contributed by atoms with Gasteiger partial charge in [0.2, 0.25) is 9.30 Å². The van der Waals surface area contributed by atoms with Gasteiger partial charge in [-0.3, -0.25) is 9.19 Å². The molecule has 1 unspecified atom stereocenters. The fraction of sp³-hybridized carbons (Fsp3) is 0.250. The lowest BCUT2D eigenvalue weighted by molar-refractivity contribution is 0.297. The molecular weight excluding hydrogens is 408 g/mol. The Kier molecular flexibility index (Phi) is 4.99. The van der Waals surface area contributed by atoms with E-state index >= 15 is 0 Å². The van der Waals surface area contributed by atoms with Gasteiger partial charge in [-0.2, -0.15) is 0 Å². The first-order valence-electron chi connectivity index (χ1n) is 9.31. The highest BCUT2D eigenvalue weighted by atomic mass is 32.2. The maximum atomic E-state index is 12.6. The molecular formula is C20H18N4O3S2. The number of nitrogens with zero attached hydrogens (tertiary/aromatic N) is 4. The van der Waals surface area contributed by atoms with Gasteiger partial charge in [0.1, 0.15) is 0 Å². The first-order chi connectivity index (χ1) is 14.3. The van der Waals surface area contributed by atoms with Crippen LogP contribution in [0.15, 0.2) is 53.1 Å². The van der Waals surface area contributed by atoms with Crippen LogP contribution in [-0.2, 0) is 17.2 Å². The van der Waals surface area contributed by atoms with Crippen molar-refractivity contribution in [1.29, 1.82) is 0 Å². The summed E-state index contributed by atoms with van der Waals surface area (Å²) < 4.78 is 26.3. The Balaban J connectivity index is 1.34. The van der Waals surface area contributed by atoms with Crippen LogP contribution in [0.25, 0.3) is 16.2 Å². The number of hydrogen-bond acceptors (Lipinski definition) is 7. The van der Waals surface area contributed by atoms with Crippen LogP contribution in [0.1, 0.15) is 12.1 Å². The molecule has 7 nitrogen and oxygen atoms in total. The van der Waals surface area contributed by atoms with Gasteiger partial charge in [0, 0.05) is 36.0 Å². The zero-order valence-electron chi connectivity index (χ0n) is 15.5. The molecule has 0 fully saturated rings. The Morgan fingerprint density at radius 2 is 2.03 bits per heavy atom. The predicted octanol–water partition coefficient (Wildman–Crippen LogP) is 3.36. The zero-order chi connectivity index (χ0) is 19.6. The minimum atomic E-state index is -1.18. The van der Waals surface area contributed by atoms with Crippen LogP contribution in [0.2, 0.25) is 0 Å². The minimum absolute atomic E-state index is 0.489. The normalized spacial score (nSPS) is 14.6. The highest BCUT2D eigenvalue weighted by Crippen LogP contribution is 2.34. The monoisotopic (exact) mass is 426 g/mol. The van der Waals surface area contributed by atoms with Crippen LogP contribution in [0.4, 0.5) is 0 Å². The van der Waals surface area contributed by atoms with Gasteiger partial charge >= 0.3 is 0 Å². The van der Waals surface area contributed by atoms with Crippen molar-refractivity contribution in [1.82, 2.24) is 19.6 Å². The highest BCUT2D eigenvalue weighted by molar-refractivity contribution is 7.87. The molecule has 9 heteroatoms. The van der Waals surface area contributed by atoms with Gasteiger partial charge in [-0.15, -0.1) is 5.10 Å². The molecule has 148 valence electrons. The molecule has 3 aromatic heterocycles. The molecule has 0 bridgehead atoms. The number of hydrogen-bond donors (Lipinski definition) is 0. The van der Waals surface area contributed by atoms with Crippen molar-refractivity contribution in [3.8, 4) is 22.8 Å². The topological polar surface area (TPSA) is 78.6 Å². The van der Waals surface area contributed by atoms with Gasteiger partial charge in [-0.25, -0.2) is 9.50 Å². The molecule has 0 spiro atoms. The number of rotatable bonds is 5. The maximum absolute atomic E-state index is 12.6. The van der Waals surface area contributed by atoms with Gasteiger partial charge in [-0.05, 0) is 30.3 Å². The molecule has 0 saturated carbocycles. The SMILES string of the molecule is O=S(CCc1ccccn1)c1nn2cc(-c3ccc4c(c3)OCCCO4)nc2s1. The van der Waals surface area contributed by atoms with Gasteiger partial charge < -0.3 is 9.47 Å². The average molecular weight is 427 g/mol. The predicted molar refractivity (Wildman–Crippen MR) is 111 cm³/mol. The first kappa shape index (κ1) is 18.3. The molecule has 29 heavy (non-hydrogen) atoms. The van der Waals surface area contributed by atoms with Crippen LogP contribution < -0.4 is 9.47 Å². The number of imidazole rings is 1. The van der Waals surface area contributed by atoms with E-state index in [4.69, 9.17) is 9.47 Å². The number of benzene rings is 1. The maximum Gasteiger partial charge on any atom is 0.213 e. The number of aryl methyl sites for hydroxylation is 1. The summed E-state index contributed by atoms with van der Waals surface area (Å²) >= 11 is 1.35.